The minimum atomic E-state index is -0.367. The SMILES string of the molecule is Cc1cccc(OCc2cncc(-c3c(F)ccc4c3N(C)C(=O)CC4)c2C)n1. The second-order valence-electron chi connectivity index (χ2n) is 7.26. The van der Waals surface area contributed by atoms with Crippen molar-refractivity contribution in [1.82, 2.24) is 9.97 Å². The Labute approximate surface area is 169 Å². The molecular formula is C23H22FN3O2. The Balaban J connectivity index is 1.74. The predicted molar refractivity (Wildman–Crippen MR) is 109 cm³/mol. The molecule has 0 atom stereocenters. The molecule has 148 valence electrons. The highest BCUT2D eigenvalue weighted by Crippen LogP contribution is 2.40. The average molecular weight is 391 g/mol. The standard InChI is InChI=1S/C23H22FN3O2/c1-14-5-4-6-20(26-14)29-13-17-11-25-12-18(15(17)2)22-19(24)9-7-16-8-10-21(28)27(3)23(16)22/h4-7,9,11-12H,8,10,13H2,1-3H3. The zero-order valence-electron chi connectivity index (χ0n) is 16.7. The molecule has 3 aromatic rings. The van der Waals surface area contributed by atoms with Crippen LogP contribution in [0.3, 0.4) is 0 Å². The molecule has 0 spiro atoms. The molecule has 0 unspecified atom stereocenters. The largest absolute Gasteiger partial charge is 0.473 e. The van der Waals surface area contributed by atoms with Gasteiger partial charge in [0.15, 0.2) is 0 Å². The van der Waals surface area contributed by atoms with Gasteiger partial charge >= 0.3 is 0 Å². The second kappa shape index (κ2) is 7.62. The molecule has 0 radical (unpaired) electrons. The van der Waals surface area contributed by atoms with Crippen molar-refractivity contribution < 1.29 is 13.9 Å². The van der Waals surface area contributed by atoms with Crippen molar-refractivity contribution in [2.24, 2.45) is 0 Å². The number of anilines is 1. The number of fused-ring (bicyclic) bond motifs is 1. The van der Waals surface area contributed by atoms with Gasteiger partial charge in [0.1, 0.15) is 12.4 Å². The number of aromatic nitrogens is 2. The summed E-state index contributed by atoms with van der Waals surface area (Å²) in [7, 11) is 1.70. The molecule has 1 aliphatic heterocycles. The number of benzene rings is 1. The smallest absolute Gasteiger partial charge is 0.227 e. The summed E-state index contributed by atoms with van der Waals surface area (Å²) in [6.45, 7) is 4.09. The van der Waals surface area contributed by atoms with Crippen molar-refractivity contribution in [3.63, 3.8) is 0 Å². The van der Waals surface area contributed by atoms with Crippen molar-refractivity contribution in [3.8, 4) is 17.0 Å². The van der Waals surface area contributed by atoms with Gasteiger partial charge in [-0.05, 0) is 43.5 Å². The zero-order chi connectivity index (χ0) is 20.5. The van der Waals surface area contributed by atoms with Gasteiger partial charge in [-0.1, -0.05) is 12.1 Å². The lowest BCUT2D eigenvalue weighted by Gasteiger charge is -2.29. The Hall–Kier alpha value is -3.28. The first kappa shape index (κ1) is 19.1. The molecule has 0 saturated heterocycles. The summed E-state index contributed by atoms with van der Waals surface area (Å²) in [5, 5.41) is 0. The molecular weight excluding hydrogens is 369 g/mol. The second-order valence-corrected chi connectivity index (χ2v) is 7.26. The van der Waals surface area contributed by atoms with E-state index in [1.807, 2.05) is 26.0 Å². The fourth-order valence-electron chi connectivity index (χ4n) is 3.70. The molecule has 0 aliphatic carbocycles. The van der Waals surface area contributed by atoms with Crippen LogP contribution in [-0.4, -0.2) is 22.9 Å². The predicted octanol–water partition coefficient (Wildman–Crippen LogP) is 4.39. The van der Waals surface area contributed by atoms with Crippen LogP contribution in [0.4, 0.5) is 10.1 Å². The third kappa shape index (κ3) is 3.58. The lowest BCUT2D eigenvalue weighted by Crippen LogP contribution is -2.32. The van der Waals surface area contributed by atoms with Crippen LogP contribution in [0.2, 0.25) is 0 Å². The molecule has 0 saturated carbocycles. The van der Waals surface area contributed by atoms with Crippen molar-refractivity contribution in [1.29, 1.82) is 0 Å². The molecule has 1 amide bonds. The van der Waals surface area contributed by atoms with Gasteiger partial charge in [-0.15, -0.1) is 0 Å². The van der Waals surface area contributed by atoms with Crippen molar-refractivity contribution >= 4 is 11.6 Å². The Bertz CT molecular complexity index is 1100. The lowest BCUT2D eigenvalue weighted by molar-refractivity contribution is -0.118. The molecule has 29 heavy (non-hydrogen) atoms. The van der Waals surface area contributed by atoms with Gasteiger partial charge in [0, 0.05) is 54.3 Å². The zero-order valence-corrected chi connectivity index (χ0v) is 16.7. The van der Waals surface area contributed by atoms with E-state index in [1.54, 1.807) is 36.5 Å². The highest BCUT2D eigenvalue weighted by atomic mass is 19.1. The van der Waals surface area contributed by atoms with Crippen LogP contribution in [0.25, 0.3) is 11.1 Å². The Morgan fingerprint density at radius 2 is 1.97 bits per heavy atom. The molecule has 2 aromatic heterocycles. The van der Waals surface area contributed by atoms with E-state index < -0.39 is 0 Å². The molecule has 1 aromatic carbocycles. The van der Waals surface area contributed by atoms with E-state index in [9.17, 15) is 9.18 Å². The maximum Gasteiger partial charge on any atom is 0.227 e. The average Bonchev–Trinajstić information content (AvgIpc) is 2.71. The summed E-state index contributed by atoms with van der Waals surface area (Å²) < 4.78 is 20.8. The third-order valence-corrected chi connectivity index (χ3v) is 5.36. The van der Waals surface area contributed by atoms with E-state index in [0.717, 1.165) is 22.4 Å². The number of halogens is 1. The van der Waals surface area contributed by atoms with E-state index in [1.165, 1.54) is 6.07 Å². The molecule has 6 heteroatoms. The molecule has 4 rings (SSSR count). The van der Waals surface area contributed by atoms with E-state index >= 15 is 0 Å². The Morgan fingerprint density at radius 3 is 2.76 bits per heavy atom. The summed E-state index contributed by atoms with van der Waals surface area (Å²) in [5.41, 5.74) is 5.26. The maximum atomic E-state index is 15.0. The van der Waals surface area contributed by atoms with E-state index in [0.29, 0.717) is 35.5 Å². The van der Waals surface area contributed by atoms with Crippen LogP contribution in [0.5, 0.6) is 5.88 Å². The van der Waals surface area contributed by atoms with Crippen LogP contribution >= 0.6 is 0 Å². The first-order valence-corrected chi connectivity index (χ1v) is 9.54. The van der Waals surface area contributed by atoms with Gasteiger partial charge in [0.2, 0.25) is 11.8 Å². The van der Waals surface area contributed by atoms with Crippen molar-refractivity contribution in [3.05, 3.63) is 70.9 Å². The highest BCUT2D eigenvalue weighted by molar-refractivity contribution is 6.01. The fourth-order valence-corrected chi connectivity index (χ4v) is 3.70. The molecule has 3 heterocycles. The monoisotopic (exact) mass is 391 g/mol. The van der Waals surface area contributed by atoms with E-state index in [-0.39, 0.29) is 18.3 Å². The number of hydrogen-bond donors (Lipinski definition) is 0. The number of pyridine rings is 2. The topological polar surface area (TPSA) is 55.3 Å². The number of carbonyl (C=O) groups excluding carboxylic acids is 1. The van der Waals surface area contributed by atoms with Crippen LogP contribution in [0.15, 0.2) is 42.7 Å². The summed E-state index contributed by atoms with van der Waals surface area (Å²) in [4.78, 5) is 22.5. The number of ether oxygens (including phenoxy) is 1. The van der Waals surface area contributed by atoms with E-state index in [4.69, 9.17) is 4.74 Å². The molecule has 0 fully saturated rings. The first-order valence-electron chi connectivity index (χ1n) is 9.54. The number of aryl methyl sites for hydroxylation is 2. The first-order chi connectivity index (χ1) is 14.0. The van der Waals surface area contributed by atoms with Crippen LogP contribution in [-0.2, 0) is 17.8 Å². The van der Waals surface area contributed by atoms with Crippen LogP contribution in [0.1, 0.15) is 28.8 Å². The minimum Gasteiger partial charge on any atom is -0.473 e. The van der Waals surface area contributed by atoms with Gasteiger partial charge in [-0.3, -0.25) is 9.78 Å². The number of rotatable bonds is 4. The summed E-state index contributed by atoms with van der Waals surface area (Å²) in [6, 6.07) is 8.82. The van der Waals surface area contributed by atoms with Crippen LogP contribution in [0, 0.1) is 19.7 Å². The summed E-state index contributed by atoms with van der Waals surface area (Å²) >= 11 is 0. The molecule has 5 nitrogen and oxygen atoms in total. The lowest BCUT2D eigenvalue weighted by atomic mass is 9.91. The Morgan fingerprint density at radius 1 is 1.14 bits per heavy atom. The third-order valence-electron chi connectivity index (χ3n) is 5.36. The van der Waals surface area contributed by atoms with Crippen molar-refractivity contribution in [2.45, 2.75) is 33.3 Å². The maximum absolute atomic E-state index is 15.0. The number of amides is 1. The van der Waals surface area contributed by atoms with Gasteiger partial charge in [-0.25, -0.2) is 9.37 Å². The van der Waals surface area contributed by atoms with Gasteiger partial charge in [0.05, 0.1) is 5.69 Å². The molecule has 0 N–H and O–H groups in total. The van der Waals surface area contributed by atoms with Crippen LogP contribution < -0.4 is 9.64 Å². The minimum absolute atomic E-state index is 0.0139. The molecule has 0 bridgehead atoms. The number of hydrogen-bond acceptors (Lipinski definition) is 4. The van der Waals surface area contributed by atoms with Gasteiger partial charge < -0.3 is 9.64 Å². The quantitative estimate of drug-likeness (QED) is 0.662. The normalized spacial score (nSPS) is 13.4. The van der Waals surface area contributed by atoms with Gasteiger partial charge in [-0.2, -0.15) is 0 Å². The summed E-state index contributed by atoms with van der Waals surface area (Å²) in [6.07, 6.45) is 4.41. The fraction of sp³-hybridized carbons (Fsp3) is 0.261. The summed E-state index contributed by atoms with van der Waals surface area (Å²) in [5.74, 6) is 0.150. The Kier molecular flexibility index (Phi) is 5.01. The highest BCUT2D eigenvalue weighted by Gasteiger charge is 2.27. The van der Waals surface area contributed by atoms with E-state index in [2.05, 4.69) is 9.97 Å². The number of carbonyl (C=O) groups is 1. The van der Waals surface area contributed by atoms with Gasteiger partial charge in [0.25, 0.3) is 0 Å². The van der Waals surface area contributed by atoms with Crippen molar-refractivity contribution in [2.75, 3.05) is 11.9 Å². The molecule has 1 aliphatic rings. The number of nitrogens with zero attached hydrogens (tertiary/aromatic N) is 3.